The lowest BCUT2D eigenvalue weighted by Gasteiger charge is -2.14. The predicted molar refractivity (Wildman–Crippen MR) is 108 cm³/mol. The van der Waals surface area contributed by atoms with Crippen LogP contribution in [-0.2, 0) is 9.53 Å². The summed E-state index contributed by atoms with van der Waals surface area (Å²) in [5.41, 5.74) is 4.59. The van der Waals surface area contributed by atoms with E-state index >= 15 is 0 Å². The first-order chi connectivity index (χ1) is 12.4. The maximum Gasteiger partial charge on any atom is 0.343 e. The molecule has 0 aromatic heterocycles. The Hall–Kier alpha value is -2.33. The van der Waals surface area contributed by atoms with Gasteiger partial charge >= 0.3 is 5.97 Å². The van der Waals surface area contributed by atoms with Crippen LogP contribution in [0.3, 0.4) is 0 Å². The number of cyclic esters (lactones) is 1. The molecule has 0 unspecified atom stereocenters. The van der Waals surface area contributed by atoms with E-state index < -0.39 is 0 Å². The van der Waals surface area contributed by atoms with E-state index in [1.165, 1.54) is 0 Å². The Balaban J connectivity index is 2.00. The Bertz CT molecular complexity index is 906. The van der Waals surface area contributed by atoms with Gasteiger partial charge in [-0.3, -0.25) is 0 Å². The van der Waals surface area contributed by atoms with Crippen LogP contribution in [0.25, 0.3) is 11.8 Å². The van der Waals surface area contributed by atoms with Gasteiger partial charge in [0, 0.05) is 10.0 Å². The molecule has 0 radical (unpaired) electrons. The third kappa shape index (κ3) is 3.75. The lowest BCUT2D eigenvalue weighted by atomic mass is 9.95. The van der Waals surface area contributed by atoms with Crippen LogP contribution in [0.4, 0.5) is 0 Å². The first-order valence-corrected chi connectivity index (χ1v) is 9.28. The Kier molecular flexibility index (Phi) is 5.33. The number of hydrogen-bond acceptors (Lipinski definition) is 3. The fourth-order valence-corrected chi connectivity index (χ4v) is 3.18. The van der Waals surface area contributed by atoms with Crippen LogP contribution in [0.2, 0.25) is 0 Å². The van der Waals surface area contributed by atoms with Gasteiger partial charge in [-0.1, -0.05) is 41.9 Å². The highest BCUT2D eigenvalue weighted by Crippen LogP contribution is 2.33. The van der Waals surface area contributed by atoms with Crippen LogP contribution in [0.15, 0.2) is 52.5 Å². The molecule has 0 spiro atoms. The largest absolute Gasteiger partial charge is 0.496 e. The molecular weight excluding hydrogens is 392 g/mol. The van der Waals surface area contributed by atoms with Crippen LogP contribution in [0, 0.1) is 6.92 Å². The molecule has 134 valence electrons. The van der Waals surface area contributed by atoms with E-state index in [1.807, 2.05) is 43.3 Å². The smallest absolute Gasteiger partial charge is 0.343 e. The highest BCUT2D eigenvalue weighted by molar-refractivity contribution is 9.10. The second-order valence-electron chi connectivity index (χ2n) is 6.61. The zero-order valence-electron chi connectivity index (χ0n) is 15.3. The van der Waals surface area contributed by atoms with Crippen molar-refractivity contribution in [1.82, 2.24) is 0 Å². The van der Waals surface area contributed by atoms with E-state index in [0.717, 1.165) is 32.5 Å². The van der Waals surface area contributed by atoms with E-state index in [2.05, 4.69) is 35.8 Å². The second-order valence-corrected chi connectivity index (χ2v) is 7.53. The Labute approximate surface area is 162 Å². The number of benzene rings is 2. The summed E-state index contributed by atoms with van der Waals surface area (Å²) in [6, 6.07) is 11.8. The predicted octanol–water partition coefficient (Wildman–Crippen LogP) is 5.87. The van der Waals surface area contributed by atoms with Gasteiger partial charge in [-0.25, -0.2) is 4.79 Å². The average molecular weight is 413 g/mol. The second kappa shape index (κ2) is 7.50. The molecule has 0 atom stereocenters. The summed E-state index contributed by atoms with van der Waals surface area (Å²) in [6.45, 7) is 6.26. The molecule has 1 aliphatic rings. The van der Waals surface area contributed by atoms with Crippen LogP contribution in [-0.4, -0.2) is 13.1 Å². The molecule has 3 rings (SSSR count). The monoisotopic (exact) mass is 412 g/mol. The fraction of sp³-hybridized carbons (Fsp3) is 0.227. The Morgan fingerprint density at radius 3 is 2.46 bits per heavy atom. The van der Waals surface area contributed by atoms with E-state index in [4.69, 9.17) is 9.47 Å². The zero-order chi connectivity index (χ0) is 18.8. The summed E-state index contributed by atoms with van der Waals surface area (Å²) in [6.07, 6.45) is 3.68. The van der Waals surface area contributed by atoms with E-state index in [9.17, 15) is 4.79 Å². The zero-order valence-corrected chi connectivity index (χ0v) is 16.9. The number of hydrogen-bond donors (Lipinski definition) is 0. The molecule has 0 saturated carbocycles. The van der Waals surface area contributed by atoms with Gasteiger partial charge in [0.25, 0.3) is 0 Å². The van der Waals surface area contributed by atoms with Gasteiger partial charge in [-0.05, 0) is 65.9 Å². The van der Waals surface area contributed by atoms with E-state index in [0.29, 0.717) is 17.3 Å². The topological polar surface area (TPSA) is 35.5 Å². The summed E-state index contributed by atoms with van der Waals surface area (Å²) in [5, 5.41) is 0. The van der Waals surface area contributed by atoms with Crippen LogP contribution < -0.4 is 4.74 Å². The number of ether oxygens (including phenoxy) is 2. The van der Waals surface area contributed by atoms with Crippen molar-refractivity contribution in [1.29, 1.82) is 0 Å². The summed E-state index contributed by atoms with van der Waals surface area (Å²) < 4.78 is 11.9. The minimum absolute atomic E-state index is 0.326. The normalized spacial score (nSPS) is 15.4. The summed E-state index contributed by atoms with van der Waals surface area (Å²) in [5.74, 6) is 1.44. The molecular formula is C22H21BrO3. The van der Waals surface area contributed by atoms with Gasteiger partial charge in [0.15, 0.2) is 0 Å². The average Bonchev–Trinajstić information content (AvgIpc) is 2.97. The molecule has 0 amide bonds. The van der Waals surface area contributed by atoms with E-state index in [-0.39, 0.29) is 5.97 Å². The molecule has 26 heavy (non-hydrogen) atoms. The minimum atomic E-state index is -0.329. The quantitative estimate of drug-likeness (QED) is 0.465. The number of rotatable bonds is 4. The van der Waals surface area contributed by atoms with Gasteiger partial charge in [0.1, 0.15) is 11.5 Å². The fourth-order valence-electron chi connectivity index (χ4n) is 2.91. The van der Waals surface area contributed by atoms with Crippen molar-refractivity contribution in [3.63, 3.8) is 0 Å². The maximum atomic E-state index is 12.3. The van der Waals surface area contributed by atoms with Gasteiger partial charge < -0.3 is 9.47 Å². The Morgan fingerprint density at radius 1 is 1.15 bits per heavy atom. The molecule has 0 N–H and O–H groups in total. The summed E-state index contributed by atoms with van der Waals surface area (Å²) >= 11 is 3.41. The molecule has 1 heterocycles. The SMILES string of the molecule is COc1cc(C)c(/C=C2\C=C(c3ccc(Br)cc3)OC2=O)cc1C(C)C. The molecule has 0 saturated heterocycles. The number of aryl methyl sites for hydroxylation is 1. The number of carbonyl (C=O) groups excluding carboxylic acids is 1. The highest BCUT2D eigenvalue weighted by Gasteiger charge is 2.22. The molecule has 1 aliphatic heterocycles. The van der Waals surface area contributed by atoms with Gasteiger partial charge in [0.05, 0.1) is 12.7 Å². The molecule has 0 aliphatic carbocycles. The van der Waals surface area contributed by atoms with Crippen LogP contribution in [0.1, 0.15) is 42.0 Å². The first-order valence-electron chi connectivity index (χ1n) is 8.49. The van der Waals surface area contributed by atoms with Crippen molar-refractivity contribution in [2.75, 3.05) is 7.11 Å². The summed E-state index contributed by atoms with van der Waals surface area (Å²) in [7, 11) is 1.68. The van der Waals surface area contributed by atoms with Gasteiger partial charge in [0.2, 0.25) is 0 Å². The lowest BCUT2D eigenvalue weighted by molar-refractivity contribution is -0.130. The first kappa shape index (κ1) is 18.5. The molecule has 2 aromatic rings. The molecule has 0 fully saturated rings. The van der Waals surface area contributed by atoms with Crippen LogP contribution in [0.5, 0.6) is 5.75 Å². The van der Waals surface area contributed by atoms with Crippen molar-refractivity contribution in [3.05, 3.63) is 74.8 Å². The van der Waals surface area contributed by atoms with Crippen molar-refractivity contribution in [2.24, 2.45) is 0 Å². The minimum Gasteiger partial charge on any atom is -0.496 e. The van der Waals surface area contributed by atoms with Crippen molar-refractivity contribution in [3.8, 4) is 5.75 Å². The van der Waals surface area contributed by atoms with Gasteiger partial charge in [-0.2, -0.15) is 0 Å². The maximum absolute atomic E-state index is 12.3. The standard InChI is InChI=1S/C22H21BrO3/c1-13(2)19-11-16(14(3)9-21(19)25-4)10-17-12-20(26-22(17)24)15-5-7-18(23)8-6-15/h5-13H,1-4H3/b17-10+. The molecule has 4 heteroatoms. The molecule has 3 nitrogen and oxygen atoms in total. The van der Waals surface area contributed by atoms with E-state index in [1.54, 1.807) is 13.2 Å². The number of carbonyl (C=O) groups is 1. The number of esters is 1. The van der Waals surface area contributed by atoms with Crippen molar-refractivity contribution in [2.45, 2.75) is 26.7 Å². The third-order valence-corrected chi connectivity index (χ3v) is 4.93. The van der Waals surface area contributed by atoms with Crippen molar-refractivity contribution >= 4 is 33.7 Å². The third-order valence-electron chi connectivity index (χ3n) is 4.41. The lowest BCUT2D eigenvalue weighted by Crippen LogP contribution is -1.99. The number of methoxy groups -OCH3 is 1. The Morgan fingerprint density at radius 2 is 1.85 bits per heavy atom. The van der Waals surface area contributed by atoms with Crippen LogP contribution >= 0.6 is 15.9 Å². The highest BCUT2D eigenvalue weighted by atomic mass is 79.9. The molecule has 2 aromatic carbocycles. The molecule has 0 bridgehead atoms. The number of halogens is 1. The summed E-state index contributed by atoms with van der Waals surface area (Å²) in [4.78, 5) is 12.3. The van der Waals surface area contributed by atoms with Gasteiger partial charge in [-0.15, -0.1) is 0 Å². The van der Waals surface area contributed by atoms with Crippen molar-refractivity contribution < 1.29 is 14.3 Å².